The molecular weight excluding hydrogens is 489 g/mol. The Morgan fingerprint density at radius 2 is 2.11 bits per heavy atom. The van der Waals surface area contributed by atoms with Crippen molar-refractivity contribution in [2.75, 3.05) is 29.9 Å². The molecule has 35 heavy (non-hydrogen) atoms. The van der Waals surface area contributed by atoms with Gasteiger partial charge in [-0.15, -0.1) is 5.10 Å². The van der Waals surface area contributed by atoms with Crippen molar-refractivity contribution in [1.82, 2.24) is 30.2 Å². The Bertz CT molecular complexity index is 1200. The van der Waals surface area contributed by atoms with Crippen molar-refractivity contribution in [3.8, 4) is 0 Å². The lowest BCUT2D eigenvalue weighted by Crippen LogP contribution is -2.34. The van der Waals surface area contributed by atoms with Crippen molar-refractivity contribution in [1.29, 1.82) is 0 Å². The molecule has 188 valence electrons. The summed E-state index contributed by atoms with van der Waals surface area (Å²) >= 11 is 1.37. The summed E-state index contributed by atoms with van der Waals surface area (Å²) < 4.78 is 46.9. The van der Waals surface area contributed by atoms with Crippen LogP contribution >= 0.6 is 11.3 Å². The van der Waals surface area contributed by atoms with Crippen LogP contribution in [0.4, 0.5) is 24.0 Å². The second-order valence-electron chi connectivity index (χ2n) is 8.12. The van der Waals surface area contributed by atoms with Crippen LogP contribution in [0.15, 0.2) is 23.4 Å². The van der Waals surface area contributed by atoms with E-state index < -0.39 is 29.0 Å². The fraction of sp³-hybridized carbons (Fsp3) is 0.500. The maximum absolute atomic E-state index is 13.2. The molecule has 1 atom stereocenters. The number of ether oxygens (including phenoxy) is 1. The number of rotatable bonds is 9. The Kier molecular flexibility index (Phi) is 7.45. The lowest BCUT2D eigenvalue weighted by Gasteiger charge is -2.31. The fourth-order valence-electron chi connectivity index (χ4n) is 3.79. The van der Waals surface area contributed by atoms with Crippen LogP contribution in [-0.2, 0) is 17.5 Å². The molecule has 0 radical (unpaired) electrons. The molecule has 3 aromatic heterocycles. The number of carbonyl (C=O) groups excluding carboxylic acids is 1. The second kappa shape index (κ2) is 10.5. The zero-order valence-electron chi connectivity index (χ0n) is 18.7. The van der Waals surface area contributed by atoms with Gasteiger partial charge in [0.05, 0.1) is 48.4 Å². The first kappa shape index (κ1) is 24.8. The molecule has 0 aromatic carbocycles. The van der Waals surface area contributed by atoms with Gasteiger partial charge in [0.15, 0.2) is 11.4 Å². The second-order valence-corrected chi connectivity index (χ2v) is 9.16. The summed E-state index contributed by atoms with van der Waals surface area (Å²) in [5.41, 5.74) is -2.44. The molecule has 3 aromatic rings. The Labute approximate surface area is 201 Å². The van der Waals surface area contributed by atoms with Crippen LogP contribution in [0.5, 0.6) is 0 Å². The monoisotopic (exact) mass is 512 g/mol. The van der Waals surface area contributed by atoms with Crippen molar-refractivity contribution in [3.05, 3.63) is 45.1 Å². The van der Waals surface area contributed by atoms with Gasteiger partial charge in [-0.25, -0.2) is 14.8 Å². The molecule has 0 saturated carbocycles. The first-order valence-corrected chi connectivity index (χ1v) is 11.6. The molecule has 4 rings (SSSR count). The van der Waals surface area contributed by atoms with E-state index in [-0.39, 0.29) is 19.3 Å². The van der Waals surface area contributed by atoms with Crippen molar-refractivity contribution in [3.63, 3.8) is 0 Å². The lowest BCUT2D eigenvalue weighted by atomic mass is 10.1. The largest absolute Gasteiger partial charge is 0.423 e. The van der Waals surface area contributed by atoms with Gasteiger partial charge < -0.3 is 15.0 Å². The zero-order chi connectivity index (χ0) is 25.0. The number of aromatic amines is 1. The molecule has 1 aliphatic heterocycles. The number of hydrogen-bond donors (Lipinski definition) is 2. The number of aldehydes is 1. The molecule has 1 unspecified atom stereocenters. The Hall–Kier alpha value is -3.33. The van der Waals surface area contributed by atoms with Crippen LogP contribution in [0.2, 0.25) is 0 Å². The van der Waals surface area contributed by atoms with E-state index in [1.54, 1.807) is 29.1 Å². The summed E-state index contributed by atoms with van der Waals surface area (Å²) in [6.45, 7) is 3.40. The van der Waals surface area contributed by atoms with E-state index in [1.807, 2.05) is 0 Å². The molecular formula is C20H23F3N8O3S. The number of nitrogens with one attached hydrogen (secondary N) is 2. The van der Waals surface area contributed by atoms with Gasteiger partial charge in [-0.3, -0.25) is 9.59 Å². The van der Waals surface area contributed by atoms with Gasteiger partial charge in [-0.2, -0.15) is 18.3 Å². The first-order valence-electron chi connectivity index (χ1n) is 10.8. The molecule has 4 heterocycles. The number of anilines is 2. The molecule has 1 fully saturated rings. The molecule has 11 nitrogen and oxygen atoms in total. The summed E-state index contributed by atoms with van der Waals surface area (Å²) in [5.74, 6) is 0. The van der Waals surface area contributed by atoms with Crippen LogP contribution < -0.4 is 15.8 Å². The van der Waals surface area contributed by atoms with E-state index in [2.05, 4.69) is 30.6 Å². The van der Waals surface area contributed by atoms with E-state index in [9.17, 15) is 22.8 Å². The van der Waals surface area contributed by atoms with Crippen molar-refractivity contribution in [2.24, 2.45) is 0 Å². The van der Waals surface area contributed by atoms with E-state index in [0.717, 1.165) is 43.5 Å². The van der Waals surface area contributed by atoms with Crippen LogP contribution in [0.3, 0.4) is 0 Å². The standard InChI is InChI=1S/C20H23F3N8O3S/c1-12(26-16-7-25-28-18(33)17(16)20(21,22)23)10-34-11-13-8-31(29-27-13)14-2-4-30(5-3-14)19-24-6-15(9-32)35-19/h6-9,12,14H,2-5,10-11H2,1H3,(H2,26,28,33). The topological polar surface area (TPSA) is 131 Å². The quantitative estimate of drug-likeness (QED) is 0.415. The van der Waals surface area contributed by atoms with Gasteiger partial charge in [-0.1, -0.05) is 16.6 Å². The van der Waals surface area contributed by atoms with Crippen LogP contribution in [0, 0.1) is 0 Å². The van der Waals surface area contributed by atoms with Gasteiger partial charge in [-0.05, 0) is 19.8 Å². The maximum atomic E-state index is 13.2. The summed E-state index contributed by atoms with van der Waals surface area (Å²) in [5, 5.41) is 17.0. The van der Waals surface area contributed by atoms with Crippen LogP contribution in [0.1, 0.15) is 46.7 Å². The van der Waals surface area contributed by atoms with Gasteiger partial charge in [0.25, 0.3) is 5.56 Å². The molecule has 2 N–H and O–H groups in total. The normalized spacial score (nSPS) is 15.8. The SMILES string of the molecule is CC(COCc1cn(C2CCN(c3ncc(C=O)s3)CC2)nn1)Nc1cn[nH]c(=O)c1C(F)(F)F. The minimum atomic E-state index is -4.81. The number of piperidine rings is 1. The lowest BCUT2D eigenvalue weighted by molar-refractivity contribution is -0.138. The molecule has 0 aliphatic carbocycles. The van der Waals surface area contributed by atoms with Crippen molar-refractivity contribution in [2.45, 2.75) is 44.6 Å². The number of aromatic nitrogens is 6. The number of H-pyrrole nitrogens is 1. The summed E-state index contributed by atoms with van der Waals surface area (Å²) in [6.07, 6.45) is 1.96. The molecule has 0 amide bonds. The molecule has 0 bridgehead atoms. The maximum Gasteiger partial charge on any atom is 0.423 e. The average Bonchev–Trinajstić information content (AvgIpc) is 3.48. The minimum Gasteiger partial charge on any atom is -0.378 e. The number of halogens is 3. The third kappa shape index (κ3) is 6.03. The predicted molar refractivity (Wildman–Crippen MR) is 121 cm³/mol. The molecule has 15 heteroatoms. The third-order valence-electron chi connectivity index (χ3n) is 5.45. The number of carbonyl (C=O) groups is 1. The van der Waals surface area contributed by atoms with Crippen LogP contribution in [0.25, 0.3) is 0 Å². The van der Waals surface area contributed by atoms with Crippen LogP contribution in [-0.4, -0.2) is 62.2 Å². The zero-order valence-corrected chi connectivity index (χ0v) is 19.5. The molecule has 0 spiro atoms. The van der Waals surface area contributed by atoms with Crippen molar-refractivity contribution < 1.29 is 22.7 Å². The summed E-state index contributed by atoms with van der Waals surface area (Å²) in [4.78, 5) is 29.5. The van der Waals surface area contributed by atoms with E-state index in [1.165, 1.54) is 11.3 Å². The van der Waals surface area contributed by atoms with Gasteiger partial charge in [0, 0.05) is 19.1 Å². The number of thiazole rings is 1. The number of nitrogens with zero attached hydrogens (tertiary/aromatic N) is 6. The van der Waals surface area contributed by atoms with Gasteiger partial charge in [0.1, 0.15) is 11.3 Å². The minimum absolute atomic E-state index is 0.0753. The smallest absolute Gasteiger partial charge is 0.378 e. The van der Waals surface area contributed by atoms with Gasteiger partial charge >= 0.3 is 6.18 Å². The van der Waals surface area contributed by atoms with Crippen molar-refractivity contribution >= 4 is 28.4 Å². The highest BCUT2D eigenvalue weighted by molar-refractivity contribution is 7.17. The Morgan fingerprint density at radius 1 is 1.34 bits per heavy atom. The molecule has 1 aliphatic rings. The highest BCUT2D eigenvalue weighted by Gasteiger charge is 2.37. The van der Waals surface area contributed by atoms with E-state index in [4.69, 9.17) is 4.74 Å². The summed E-state index contributed by atoms with van der Waals surface area (Å²) in [6, 6.07) is -0.354. The first-order chi connectivity index (χ1) is 16.7. The third-order valence-corrected chi connectivity index (χ3v) is 6.44. The highest BCUT2D eigenvalue weighted by atomic mass is 32.1. The average molecular weight is 513 g/mol. The predicted octanol–water partition coefficient (Wildman–Crippen LogP) is 2.51. The number of alkyl halides is 3. The van der Waals surface area contributed by atoms with E-state index in [0.29, 0.717) is 10.6 Å². The highest BCUT2D eigenvalue weighted by Crippen LogP contribution is 2.32. The summed E-state index contributed by atoms with van der Waals surface area (Å²) in [7, 11) is 0. The Balaban J connectivity index is 1.25. The van der Waals surface area contributed by atoms with E-state index >= 15 is 0 Å². The van der Waals surface area contributed by atoms with Gasteiger partial charge in [0.2, 0.25) is 0 Å². The molecule has 1 saturated heterocycles. The number of hydrogen-bond acceptors (Lipinski definition) is 10. The fourth-order valence-corrected chi connectivity index (χ4v) is 4.58. The Morgan fingerprint density at radius 3 is 2.80 bits per heavy atom.